The van der Waals surface area contributed by atoms with Crippen LogP contribution in [0.15, 0.2) is 22.9 Å². The van der Waals surface area contributed by atoms with Gasteiger partial charge in [-0.3, -0.25) is 0 Å². The molecule has 2 aromatic heterocycles. The first-order chi connectivity index (χ1) is 9.86. The lowest BCUT2D eigenvalue weighted by atomic mass is 10.2. The fourth-order valence-corrected chi connectivity index (χ4v) is 2.29. The van der Waals surface area contributed by atoms with Crippen LogP contribution in [0.25, 0.3) is 11.5 Å². The first-order valence-corrected chi connectivity index (χ1v) is 7.11. The zero-order valence-electron chi connectivity index (χ0n) is 11.7. The molecule has 1 aliphatic heterocycles. The van der Waals surface area contributed by atoms with Crippen LogP contribution in [-0.4, -0.2) is 41.3 Å². The van der Waals surface area contributed by atoms with Crippen molar-refractivity contribution < 1.29 is 4.52 Å². The number of aromatic nitrogens is 3. The van der Waals surface area contributed by atoms with Crippen LogP contribution in [0.4, 0.5) is 5.82 Å². The predicted molar refractivity (Wildman–Crippen MR) is 76.6 cm³/mol. The van der Waals surface area contributed by atoms with Gasteiger partial charge in [0.2, 0.25) is 0 Å². The van der Waals surface area contributed by atoms with Gasteiger partial charge in [0.1, 0.15) is 5.82 Å². The fourth-order valence-electron chi connectivity index (χ4n) is 2.29. The van der Waals surface area contributed by atoms with Gasteiger partial charge in [-0.05, 0) is 25.1 Å². The minimum Gasteiger partial charge on any atom is -0.355 e. The third-order valence-corrected chi connectivity index (χ3v) is 3.44. The molecule has 0 aliphatic carbocycles. The van der Waals surface area contributed by atoms with Gasteiger partial charge in [0, 0.05) is 32.3 Å². The molecule has 1 N–H and O–H groups in total. The Bertz CT molecular complexity index is 543. The molecule has 0 saturated carbocycles. The second-order valence-corrected chi connectivity index (χ2v) is 4.86. The summed E-state index contributed by atoms with van der Waals surface area (Å²) in [6.07, 6.45) is 3.73. The van der Waals surface area contributed by atoms with Gasteiger partial charge in [-0.25, -0.2) is 4.98 Å². The Morgan fingerprint density at radius 2 is 2.25 bits per heavy atom. The molecule has 2 aromatic rings. The maximum absolute atomic E-state index is 5.22. The lowest BCUT2D eigenvalue weighted by Crippen LogP contribution is -2.28. The number of nitrogens with one attached hydrogen (secondary N) is 1. The Morgan fingerprint density at radius 1 is 1.30 bits per heavy atom. The van der Waals surface area contributed by atoms with Gasteiger partial charge >= 0.3 is 0 Å². The van der Waals surface area contributed by atoms with Crippen molar-refractivity contribution in [1.82, 2.24) is 20.4 Å². The first-order valence-electron chi connectivity index (χ1n) is 7.11. The van der Waals surface area contributed by atoms with Crippen molar-refractivity contribution in [3.8, 4) is 11.5 Å². The van der Waals surface area contributed by atoms with Crippen LogP contribution >= 0.6 is 0 Å². The van der Waals surface area contributed by atoms with Gasteiger partial charge in [-0.15, -0.1) is 0 Å². The van der Waals surface area contributed by atoms with Crippen molar-refractivity contribution in [2.75, 3.05) is 31.1 Å². The smallest absolute Gasteiger partial charge is 0.259 e. The third kappa shape index (κ3) is 2.80. The van der Waals surface area contributed by atoms with E-state index in [1.165, 1.54) is 0 Å². The molecular weight excluding hydrogens is 254 g/mol. The van der Waals surface area contributed by atoms with Crippen LogP contribution in [0.3, 0.4) is 0 Å². The topological polar surface area (TPSA) is 67.1 Å². The molecule has 6 heteroatoms. The van der Waals surface area contributed by atoms with Gasteiger partial charge in [0.05, 0.1) is 5.56 Å². The standard InChI is InChI=1S/C14H19N5O/c1-2-12-17-14(20-18-12)11-4-5-13(16-10-11)19-8-3-6-15-7-9-19/h4-5,10,15H,2-3,6-9H2,1H3. The molecule has 1 saturated heterocycles. The van der Waals surface area contributed by atoms with Crippen LogP contribution in [0.2, 0.25) is 0 Å². The van der Waals surface area contributed by atoms with E-state index >= 15 is 0 Å². The highest BCUT2D eigenvalue weighted by atomic mass is 16.5. The third-order valence-electron chi connectivity index (χ3n) is 3.44. The number of anilines is 1. The normalized spacial score (nSPS) is 16.1. The maximum atomic E-state index is 5.22. The summed E-state index contributed by atoms with van der Waals surface area (Å²) in [4.78, 5) is 11.1. The summed E-state index contributed by atoms with van der Waals surface area (Å²) in [5.41, 5.74) is 0.869. The van der Waals surface area contributed by atoms with Crippen molar-refractivity contribution in [3.63, 3.8) is 0 Å². The monoisotopic (exact) mass is 273 g/mol. The lowest BCUT2D eigenvalue weighted by molar-refractivity contribution is 0.423. The van der Waals surface area contributed by atoms with Gasteiger partial charge in [0.15, 0.2) is 5.82 Å². The molecule has 0 amide bonds. The number of hydrogen-bond donors (Lipinski definition) is 1. The molecule has 6 nitrogen and oxygen atoms in total. The molecule has 3 heterocycles. The molecule has 0 atom stereocenters. The Labute approximate surface area is 118 Å². The number of pyridine rings is 1. The van der Waals surface area contributed by atoms with Crippen LogP contribution < -0.4 is 10.2 Å². The van der Waals surface area contributed by atoms with E-state index in [0.29, 0.717) is 5.89 Å². The lowest BCUT2D eigenvalue weighted by Gasteiger charge is -2.20. The molecular formula is C14H19N5O. The number of nitrogens with zero attached hydrogens (tertiary/aromatic N) is 4. The average Bonchev–Trinajstić information content (AvgIpc) is 2.82. The average molecular weight is 273 g/mol. The Balaban J connectivity index is 1.76. The van der Waals surface area contributed by atoms with Crippen molar-refractivity contribution in [2.45, 2.75) is 19.8 Å². The van der Waals surface area contributed by atoms with Crippen LogP contribution in [0, 0.1) is 0 Å². The summed E-state index contributed by atoms with van der Waals surface area (Å²) >= 11 is 0. The van der Waals surface area contributed by atoms with Crippen LogP contribution in [0.5, 0.6) is 0 Å². The molecule has 3 rings (SSSR count). The summed E-state index contributed by atoms with van der Waals surface area (Å²) in [6.45, 7) is 6.12. The molecule has 0 bridgehead atoms. The van der Waals surface area contributed by atoms with E-state index in [1.54, 1.807) is 6.20 Å². The maximum Gasteiger partial charge on any atom is 0.259 e. The first kappa shape index (κ1) is 13.1. The predicted octanol–water partition coefficient (Wildman–Crippen LogP) is 1.49. The molecule has 20 heavy (non-hydrogen) atoms. The minimum atomic E-state index is 0.540. The summed E-state index contributed by atoms with van der Waals surface area (Å²) in [5.74, 6) is 2.27. The highest BCUT2D eigenvalue weighted by molar-refractivity contribution is 5.54. The SMILES string of the molecule is CCc1noc(-c2ccc(N3CCCNCC3)nc2)n1. The summed E-state index contributed by atoms with van der Waals surface area (Å²) < 4.78 is 5.22. The number of rotatable bonds is 3. The zero-order chi connectivity index (χ0) is 13.8. The summed E-state index contributed by atoms with van der Waals surface area (Å²) in [5, 5.41) is 7.29. The van der Waals surface area contributed by atoms with Gasteiger partial charge in [-0.2, -0.15) is 4.98 Å². The second kappa shape index (κ2) is 6.00. The van der Waals surface area contributed by atoms with E-state index in [9.17, 15) is 0 Å². The van der Waals surface area contributed by atoms with Crippen LogP contribution in [-0.2, 0) is 6.42 Å². The molecule has 106 valence electrons. The molecule has 0 aromatic carbocycles. The summed E-state index contributed by atoms with van der Waals surface area (Å²) in [6, 6.07) is 4.02. The van der Waals surface area contributed by atoms with E-state index < -0.39 is 0 Å². The summed E-state index contributed by atoms with van der Waals surface area (Å²) in [7, 11) is 0. The zero-order valence-corrected chi connectivity index (χ0v) is 11.7. The van der Waals surface area contributed by atoms with Crippen LogP contribution in [0.1, 0.15) is 19.2 Å². The highest BCUT2D eigenvalue weighted by Crippen LogP contribution is 2.19. The van der Waals surface area contributed by atoms with Crippen molar-refractivity contribution in [1.29, 1.82) is 0 Å². The number of hydrogen-bond acceptors (Lipinski definition) is 6. The fraction of sp³-hybridized carbons (Fsp3) is 0.500. The molecule has 0 radical (unpaired) electrons. The quantitative estimate of drug-likeness (QED) is 0.914. The van der Waals surface area contributed by atoms with Crippen molar-refractivity contribution >= 4 is 5.82 Å². The van der Waals surface area contributed by atoms with E-state index in [4.69, 9.17) is 4.52 Å². The largest absolute Gasteiger partial charge is 0.355 e. The Morgan fingerprint density at radius 3 is 3.00 bits per heavy atom. The number of aryl methyl sites for hydroxylation is 1. The minimum absolute atomic E-state index is 0.540. The molecule has 0 spiro atoms. The highest BCUT2D eigenvalue weighted by Gasteiger charge is 2.12. The van der Waals surface area contributed by atoms with E-state index in [0.717, 1.165) is 56.2 Å². The molecule has 1 fully saturated rings. The van der Waals surface area contributed by atoms with Crippen molar-refractivity contribution in [3.05, 3.63) is 24.2 Å². The van der Waals surface area contributed by atoms with E-state index in [1.807, 2.05) is 19.1 Å². The Hall–Kier alpha value is -1.95. The van der Waals surface area contributed by atoms with Gasteiger partial charge in [-0.1, -0.05) is 12.1 Å². The van der Waals surface area contributed by atoms with Gasteiger partial charge in [0.25, 0.3) is 5.89 Å². The van der Waals surface area contributed by atoms with E-state index in [-0.39, 0.29) is 0 Å². The van der Waals surface area contributed by atoms with Crippen molar-refractivity contribution in [2.24, 2.45) is 0 Å². The van der Waals surface area contributed by atoms with E-state index in [2.05, 4.69) is 25.3 Å². The second-order valence-electron chi connectivity index (χ2n) is 4.86. The van der Waals surface area contributed by atoms with Gasteiger partial charge < -0.3 is 14.7 Å². The Kier molecular flexibility index (Phi) is 3.92. The molecule has 0 unspecified atom stereocenters. The molecule has 1 aliphatic rings.